The van der Waals surface area contributed by atoms with Crippen LogP contribution in [0.1, 0.15) is 6.92 Å². The predicted octanol–water partition coefficient (Wildman–Crippen LogP) is 1.34. The molecule has 0 aromatic heterocycles. The van der Waals surface area contributed by atoms with Crippen LogP contribution in [0.3, 0.4) is 0 Å². The van der Waals surface area contributed by atoms with Crippen molar-refractivity contribution in [3.05, 3.63) is 19.8 Å². The van der Waals surface area contributed by atoms with Crippen LogP contribution in [0.5, 0.6) is 0 Å². The van der Waals surface area contributed by atoms with Gasteiger partial charge >= 0.3 is 0 Å². The molecule has 0 aliphatic rings. The van der Waals surface area contributed by atoms with Crippen molar-refractivity contribution in [1.29, 1.82) is 0 Å². The van der Waals surface area contributed by atoms with Gasteiger partial charge in [0.15, 0.2) is 6.29 Å². The highest BCUT2D eigenvalue weighted by molar-refractivity contribution is 4.49. The van der Waals surface area contributed by atoms with Crippen molar-refractivity contribution in [1.82, 2.24) is 0 Å². The number of hydrogen-bond acceptors (Lipinski definition) is 2. The molecule has 0 aromatic carbocycles. The van der Waals surface area contributed by atoms with Crippen LogP contribution < -0.4 is 0 Å². The molecule has 0 N–H and O–H groups in total. The van der Waals surface area contributed by atoms with Gasteiger partial charge in [0.05, 0.1) is 12.9 Å². The fourth-order valence-electron chi connectivity index (χ4n) is 0.341. The van der Waals surface area contributed by atoms with Gasteiger partial charge in [0.2, 0.25) is 0 Å². The molecule has 0 rings (SSSR count). The van der Waals surface area contributed by atoms with Gasteiger partial charge < -0.3 is 9.47 Å². The van der Waals surface area contributed by atoms with E-state index >= 15 is 0 Å². The van der Waals surface area contributed by atoms with E-state index in [0.717, 1.165) is 0 Å². The van der Waals surface area contributed by atoms with E-state index in [0.29, 0.717) is 6.61 Å². The summed E-state index contributed by atoms with van der Waals surface area (Å²) in [5.41, 5.74) is 0. The third-order valence-corrected chi connectivity index (χ3v) is 0.640. The Labute approximate surface area is 50.1 Å². The fraction of sp³-hybridized carbons (Fsp3) is 0.500. The van der Waals surface area contributed by atoms with Gasteiger partial charge in [-0.25, -0.2) is 0 Å². The van der Waals surface area contributed by atoms with E-state index < -0.39 is 0 Å². The quantitative estimate of drug-likeness (QED) is 0.406. The largest absolute Gasteiger partial charge is 0.473 e. The van der Waals surface area contributed by atoms with Crippen molar-refractivity contribution in [3.8, 4) is 0 Å². The standard InChI is InChI=1S/C6H11O2/c1-4-7-6(3)8-5-2/h4,6H,1-2,5H2,3H3. The second-order valence-electron chi connectivity index (χ2n) is 1.24. The van der Waals surface area contributed by atoms with Crippen LogP contribution in [-0.2, 0) is 9.47 Å². The van der Waals surface area contributed by atoms with E-state index in [1.807, 2.05) is 0 Å². The number of hydrogen-bond donors (Lipinski definition) is 0. The van der Waals surface area contributed by atoms with Crippen molar-refractivity contribution in [2.24, 2.45) is 0 Å². The minimum Gasteiger partial charge on any atom is -0.473 e. The second-order valence-corrected chi connectivity index (χ2v) is 1.24. The van der Waals surface area contributed by atoms with Crippen LogP contribution in [0, 0.1) is 6.92 Å². The van der Waals surface area contributed by atoms with Gasteiger partial charge in [0, 0.05) is 0 Å². The highest BCUT2D eigenvalue weighted by Crippen LogP contribution is 1.90. The highest BCUT2D eigenvalue weighted by Gasteiger charge is 1.93. The van der Waals surface area contributed by atoms with Gasteiger partial charge in [-0.1, -0.05) is 6.58 Å². The van der Waals surface area contributed by atoms with Gasteiger partial charge in [-0.2, -0.15) is 0 Å². The normalized spacial score (nSPS) is 12.8. The Morgan fingerprint density at radius 2 is 2.38 bits per heavy atom. The van der Waals surface area contributed by atoms with Gasteiger partial charge in [0.25, 0.3) is 0 Å². The number of rotatable bonds is 4. The molecule has 2 heteroatoms. The van der Waals surface area contributed by atoms with Crippen molar-refractivity contribution in [3.63, 3.8) is 0 Å². The van der Waals surface area contributed by atoms with Gasteiger partial charge in [-0.3, -0.25) is 0 Å². The van der Waals surface area contributed by atoms with Crippen LogP contribution >= 0.6 is 0 Å². The van der Waals surface area contributed by atoms with Crippen LogP contribution in [0.25, 0.3) is 0 Å². The molecule has 0 fully saturated rings. The lowest BCUT2D eigenvalue weighted by molar-refractivity contribution is -0.0827. The lowest BCUT2D eigenvalue weighted by atomic mass is 10.7. The van der Waals surface area contributed by atoms with Crippen LogP contribution in [0.4, 0.5) is 0 Å². The van der Waals surface area contributed by atoms with Crippen molar-refractivity contribution < 1.29 is 9.47 Å². The minimum absolute atomic E-state index is 0.218. The predicted molar refractivity (Wildman–Crippen MR) is 32.1 cm³/mol. The maximum absolute atomic E-state index is 4.88. The maximum atomic E-state index is 4.88. The smallest absolute Gasteiger partial charge is 0.196 e. The summed E-state index contributed by atoms with van der Waals surface area (Å²) in [6.07, 6.45) is 1.13. The summed E-state index contributed by atoms with van der Waals surface area (Å²) in [7, 11) is 0. The van der Waals surface area contributed by atoms with Gasteiger partial charge in [0.1, 0.15) is 0 Å². The number of ether oxygens (including phenoxy) is 2. The molecule has 0 aliphatic carbocycles. The maximum Gasteiger partial charge on any atom is 0.196 e. The van der Waals surface area contributed by atoms with Crippen LogP contribution in [-0.4, -0.2) is 12.9 Å². The monoisotopic (exact) mass is 115 g/mol. The summed E-state index contributed by atoms with van der Waals surface area (Å²) in [6, 6.07) is 0. The summed E-state index contributed by atoms with van der Waals surface area (Å²) in [5.74, 6) is 0. The average molecular weight is 115 g/mol. The molecule has 0 spiro atoms. The molecule has 0 heterocycles. The summed E-state index contributed by atoms with van der Waals surface area (Å²) < 4.78 is 9.66. The minimum atomic E-state index is -0.218. The Hall–Kier alpha value is -0.500. The van der Waals surface area contributed by atoms with Crippen molar-refractivity contribution in [2.75, 3.05) is 6.61 Å². The highest BCUT2D eigenvalue weighted by atomic mass is 16.7. The Kier molecular flexibility index (Phi) is 4.36. The molecule has 0 amide bonds. The summed E-state index contributed by atoms with van der Waals surface area (Å²) in [6.45, 7) is 9.04. The fourth-order valence-corrected chi connectivity index (χ4v) is 0.341. The zero-order chi connectivity index (χ0) is 6.41. The van der Waals surface area contributed by atoms with E-state index in [2.05, 4.69) is 13.5 Å². The second kappa shape index (κ2) is 4.65. The topological polar surface area (TPSA) is 18.5 Å². The molecule has 47 valence electrons. The SMILES string of the molecule is [CH2]COC(C)OC=C. The Bertz CT molecular complexity index is 61.5. The molecule has 0 bridgehead atoms. The third kappa shape index (κ3) is 3.68. The first-order chi connectivity index (χ1) is 3.81. The van der Waals surface area contributed by atoms with E-state index in [4.69, 9.17) is 9.47 Å². The average Bonchev–Trinajstić information content (AvgIpc) is 1.68. The van der Waals surface area contributed by atoms with Crippen molar-refractivity contribution in [2.45, 2.75) is 13.2 Å². The summed E-state index contributed by atoms with van der Waals surface area (Å²) in [5, 5.41) is 0. The summed E-state index contributed by atoms with van der Waals surface area (Å²) >= 11 is 0. The van der Waals surface area contributed by atoms with Gasteiger partial charge in [-0.15, -0.1) is 0 Å². The molecular weight excluding hydrogens is 104 g/mol. The molecule has 1 atom stereocenters. The summed E-state index contributed by atoms with van der Waals surface area (Å²) in [4.78, 5) is 0. The van der Waals surface area contributed by atoms with Gasteiger partial charge in [-0.05, 0) is 13.8 Å². The Morgan fingerprint density at radius 1 is 1.75 bits per heavy atom. The van der Waals surface area contributed by atoms with E-state index in [1.165, 1.54) is 6.26 Å². The Morgan fingerprint density at radius 3 is 2.75 bits per heavy atom. The zero-order valence-electron chi connectivity index (χ0n) is 5.09. The lowest BCUT2D eigenvalue weighted by Crippen LogP contribution is -2.08. The third-order valence-electron chi connectivity index (χ3n) is 0.640. The Balaban J connectivity index is 3.03. The molecule has 0 aromatic rings. The molecule has 1 unspecified atom stereocenters. The van der Waals surface area contributed by atoms with Crippen LogP contribution in [0.2, 0.25) is 0 Å². The molecule has 0 saturated carbocycles. The first-order valence-electron chi connectivity index (χ1n) is 2.48. The molecular formula is C6H11O2. The first kappa shape index (κ1) is 7.50. The first-order valence-corrected chi connectivity index (χ1v) is 2.48. The molecule has 2 nitrogen and oxygen atoms in total. The molecule has 0 saturated heterocycles. The molecule has 1 radical (unpaired) electrons. The van der Waals surface area contributed by atoms with Crippen LogP contribution in [0.15, 0.2) is 12.8 Å². The zero-order valence-corrected chi connectivity index (χ0v) is 5.09. The lowest BCUT2D eigenvalue weighted by Gasteiger charge is -2.08. The van der Waals surface area contributed by atoms with E-state index in [1.54, 1.807) is 6.92 Å². The van der Waals surface area contributed by atoms with E-state index in [-0.39, 0.29) is 6.29 Å². The molecule has 0 aliphatic heterocycles. The molecule has 8 heavy (non-hydrogen) atoms. The van der Waals surface area contributed by atoms with E-state index in [9.17, 15) is 0 Å². The van der Waals surface area contributed by atoms with Crippen molar-refractivity contribution >= 4 is 0 Å².